The number of aliphatic hydroxyl groups excluding tert-OH is 1. The van der Waals surface area contributed by atoms with Gasteiger partial charge < -0.3 is 20.2 Å². The lowest BCUT2D eigenvalue weighted by molar-refractivity contribution is -0.140. The number of carbonyl (C=O) groups is 3. The van der Waals surface area contributed by atoms with Gasteiger partial charge >= 0.3 is 0 Å². The molecule has 1 atom stereocenters. The van der Waals surface area contributed by atoms with Crippen LogP contribution in [0.2, 0.25) is 0 Å². The second-order valence-corrected chi connectivity index (χ2v) is 7.09. The quantitative estimate of drug-likeness (QED) is 0.306. The highest BCUT2D eigenvalue weighted by molar-refractivity contribution is 6.08. The van der Waals surface area contributed by atoms with E-state index >= 15 is 0 Å². The Balaban J connectivity index is 1.73. The molecule has 1 heterocycles. The molecule has 0 saturated carbocycles. The molecule has 9 heteroatoms. The van der Waals surface area contributed by atoms with Crippen LogP contribution in [0.1, 0.15) is 10.4 Å². The second kappa shape index (κ2) is 8.93. The number of amides is 3. The van der Waals surface area contributed by atoms with E-state index in [1.54, 1.807) is 24.3 Å². The van der Waals surface area contributed by atoms with Gasteiger partial charge in [-0.15, -0.1) is 0 Å². The third-order valence-corrected chi connectivity index (χ3v) is 5.12. The van der Waals surface area contributed by atoms with E-state index in [2.05, 4.69) is 10.2 Å². The molecule has 0 aromatic heterocycles. The second-order valence-electron chi connectivity index (χ2n) is 7.09. The van der Waals surface area contributed by atoms with E-state index in [1.165, 1.54) is 19.6 Å². The van der Waals surface area contributed by atoms with Gasteiger partial charge in [0.2, 0.25) is 0 Å². The maximum absolute atomic E-state index is 12.7. The highest BCUT2D eigenvalue weighted by atomic mass is 16.5. The molecule has 158 valence electrons. The minimum absolute atomic E-state index is 0.264. The fourth-order valence-electron chi connectivity index (χ4n) is 3.33. The predicted octanol–water partition coefficient (Wildman–Crippen LogP) is 0.227. The summed E-state index contributed by atoms with van der Waals surface area (Å²) in [5.74, 6) is -2.26. The summed E-state index contributed by atoms with van der Waals surface area (Å²) in [6.07, 6.45) is -0.264. The van der Waals surface area contributed by atoms with Crippen molar-refractivity contribution < 1.29 is 24.7 Å². The van der Waals surface area contributed by atoms with Crippen LogP contribution >= 0.6 is 0 Å². The third-order valence-electron chi connectivity index (χ3n) is 5.12. The Morgan fingerprint density at radius 3 is 2.00 bits per heavy atom. The molecular weight excluding hydrogens is 388 g/mol. The standard InChI is InChI=1S/C21H24N4O5/c1-22-19(27)18(20(28)23-30)24(2)21(29)15-5-3-13(4-6-15)14-7-9-16(10-8-14)25-11-17(26)12-25/h3-10,17-18,26,30H,11-12H2,1-2H3,(H,22,27)(H,23,28). The van der Waals surface area contributed by atoms with Gasteiger partial charge in [0, 0.05) is 38.4 Å². The minimum Gasteiger partial charge on any atom is -0.389 e. The molecule has 3 amide bonds. The summed E-state index contributed by atoms with van der Waals surface area (Å²) >= 11 is 0. The summed E-state index contributed by atoms with van der Waals surface area (Å²) in [4.78, 5) is 39.5. The van der Waals surface area contributed by atoms with Crippen LogP contribution in [0.25, 0.3) is 11.1 Å². The van der Waals surface area contributed by atoms with Crippen molar-refractivity contribution in [3.8, 4) is 11.1 Å². The maximum Gasteiger partial charge on any atom is 0.275 e. The molecule has 30 heavy (non-hydrogen) atoms. The van der Waals surface area contributed by atoms with Crippen LogP contribution in [0.3, 0.4) is 0 Å². The van der Waals surface area contributed by atoms with Gasteiger partial charge in [0.15, 0.2) is 6.04 Å². The molecule has 4 N–H and O–H groups in total. The number of hydrogen-bond acceptors (Lipinski definition) is 6. The number of nitrogens with zero attached hydrogens (tertiary/aromatic N) is 2. The van der Waals surface area contributed by atoms with Crippen molar-refractivity contribution in [2.45, 2.75) is 12.1 Å². The molecule has 0 spiro atoms. The molecule has 1 aliphatic heterocycles. The van der Waals surface area contributed by atoms with Crippen molar-refractivity contribution in [3.63, 3.8) is 0 Å². The van der Waals surface area contributed by atoms with E-state index in [4.69, 9.17) is 5.21 Å². The summed E-state index contributed by atoms with van der Waals surface area (Å²) in [7, 11) is 2.65. The van der Waals surface area contributed by atoms with Gasteiger partial charge in [0.05, 0.1) is 6.10 Å². The average molecular weight is 412 g/mol. The zero-order valence-electron chi connectivity index (χ0n) is 16.7. The zero-order valence-corrected chi connectivity index (χ0v) is 16.7. The van der Waals surface area contributed by atoms with Gasteiger partial charge in [-0.2, -0.15) is 0 Å². The smallest absolute Gasteiger partial charge is 0.275 e. The summed E-state index contributed by atoms with van der Waals surface area (Å²) < 4.78 is 0. The molecule has 0 aliphatic carbocycles. The molecule has 2 aromatic carbocycles. The first-order valence-electron chi connectivity index (χ1n) is 9.42. The van der Waals surface area contributed by atoms with E-state index in [9.17, 15) is 19.5 Å². The molecule has 0 radical (unpaired) electrons. The van der Waals surface area contributed by atoms with Crippen LogP contribution in [0.4, 0.5) is 5.69 Å². The monoisotopic (exact) mass is 412 g/mol. The first-order chi connectivity index (χ1) is 14.3. The van der Waals surface area contributed by atoms with Crippen molar-refractivity contribution in [2.24, 2.45) is 0 Å². The maximum atomic E-state index is 12.7. The summed E-state index contributed by atoms with van der Waals surface area (Å²) in [5, 5.41) is 20.6. The average Bonchev–Trinajstić information content (AvgIpc) is 2.76. The van der Waals surface area contributed by atoms with E-state index in [1.807, 2.05) is 24.3 Å². The van der Waals surface area contributed by atoms with E-state index in [0.29, 0.717) is 18.7 Å². The van der Waals surface area contributed by atoms with Crippen LogP contribution in [-0.4, -0.2) is 72.3 Å². The Kier molecular flexibility index (Phi) is 6.34. The number of aliphatic hydroxyl groups is 1. The topological polar surface area (TPSA) is 122 Å². The van der Waals surface area contributed by atoms with Gasteiger partial charge in [-0.25, -0.2) is 5.48 Å². The van der Waals surface area contributed by atoms with Crippen LogP contribution in [0.5, 0.6) is 0 Å². The van der Waals surface area contributed by atoms with Crippen LogP contribution < -0.4 is 15.7 Å². The highest BCUT2D eigenvalue weighted by Gasteiger charge is 2.33. The van der Waals surface area contributed by atoms with Crippen molar-refractivity contribution in [3.05, 3.63) is 54.1 Å². The number of carbonyl (C=O) groups excluding carboxylic acids is 3. The van der Waals surface area contributed by atoms with Crippen molar-refractivity contribution in [2.75, 3.05) is 32.1 Å². The Morgan fingerprint density at radius 2 is 1.53 bits per heavy atom. The lowest BCUT2D eigenvalue weighted by atomic mass is 10.0. The van der Waals surface area contributed by atoms with E-state index < -0.39 is 23.8 Å². The van der Waals surface area contributed by atoms with E-state index in [-0.39, 0.29) is 6.10 Å². The lowest BCUT2D eigenvalue weighted by Gasteiger charge is -2.37. The Labute approximate surface area is 173 Å². The van der Waals surface area contributed by atoms with Gasteiger partial charge in [0.1, 0.15) is 0 Å². The van der Waals surface area contributed by atoms with E-state index in [0.717, 1.165) is 21.7 Å². The summed E-state index contributed by atoms with van der Waals surface area (Å²) in [6.45, 7) is 1.27. The normalized spacial score (nSPS) is 14.5. The zero-order chi connectivity index (χ0) is 21.8. The molecule has 2 aromatic rings. The fourth-order valence-corrected chi connectivity index (χ4v) is 3.33. The van der Waals surface area contributed by atoms with Crippen LogP contribution in [0.15, 0.2) is 48.5 Å². The lowest BCUT2D eigenvalue weighted by Crippen LogP contribution is -2.54. The summed E-state index contributed by atoms with van der Waals surface area (Å²) in [6, 6.07) is 13.2. The van der Waals surface area contributed by atoms with Crippen LogP contribution in [-0.2, 0) is 9.59 Å². The largest absolute Gasteiger partial charge is 0.389 e. The van der Waals surface area contributed by atoms with Crippen molar-refractivity contribution in [1.29, 1.82) is 0 Å². The fraction of sp³-hybridized carbons (Fsp3) is 0.286. The molecule has 1 aliphatic rings. The Bertz CT molecular complexity index is 907. The highest BCUT2D eigenvalue weighted by Crippen LogP contribution is 2.26. The van der Waals surface area contributed by atoms with Gasteiger partial charge in [-0.1, -0.05) is 24.3 Å². The van der Waals surface area contributed by atoms with Crippen molar-refractivity contribution in [1.82, 2.24) is 15.7 Å². The molecule has 9 nitrogen and oxygen atoms in total. The molecule has 3 rings (SSSR count). The van der Waals surface area contributed by atoms with Gasteiger partial charge in [-0.05, 0) is 35.4 Å². The molecule has 1 saturated heterocycles. The molecule has 1 unspecified atom stereocenters. The van der Waals surface area contributed by atoms with Crippen molar-refractivity contribution >= 4 is 23.4 Å². The number of benzene rings is 2. The summed E-state index contributed by atoms with van der Waals surface area (Å²) in [5.41, 5.74) is 4.62. The number of β-amino-alcohol motifs (C(OH)–C–C–N with tert-alkyl or cyclic N) is 1. The van der Waals surface area contributed by atoms with Gasteiger partial charge in [-0.3, -0.25) is 19.6 Å². The molecule has 0 bridgehead atoms. The number of nitrogens with one attached hydrogen (secondary N) is 2. The first-order valence-corrected chi connectivity index (χ1v) is 9.42. The first kappa shape index (κ1) is 21.3. The number of anilines is 1. The number of hydroxylamine groups is 1. The number of hydrogen-bond donors (Lipinski definition) is 4. The van der Waals surface area contributed by atoms with Gasteiger partial charge in [0.25, 0.3) is 17.7 Å². The Hall–Kier alpha value is -3.43. The predicted molar refractivity (Wildman–Crippen MR) is 110 cm³/mol. The number of likely N-dealkylation sites (N-methyl/N-ethyl adjacent to an activating group) is 2. The third kappa shape index (κ3) is 4.27. The molecular formula is C21H24N4O5. The minimum atomic E-state index is -1.50. The van der Waals surface area contributed by atoms with Crippen LogP contribution in [0, 0.1) is 0 Å². The number of rotatable bonds is 6. The Morgan fingerprint density at radius 1 is 1.00 bits per heavy atom. The SMILES string of the molecule is CNC(=O)C(C(=O)NO)N(C)C(=O)c1ccc(-c2ccc(N3CC(O)C3)cc2)cc1. The molecule has 1 fully saturated rings.